The monoisotopic (exact) mass is 334 g/mol. The molecule has 0 spiro atoms. The van der Waals surface area contributed by atoms with Crippen LogP contribution in [0.1, 0.15) is 31.2 Å². The maximum absolute atomic E-state index is 11.8. The van der Waals surface area contributed by atoms with Crippen molar-refractivity contribution in [3.05, 3.63) is 46.9 Å². The van der Waals surface area contributed by atoms with E-state index >= 15 is 0 Å². The van der Waals surface area contributed by atoms with Crippen LogP contribution in [0.3, 0.4) is 0 Å². The van der Waals surface area contributed by atoms with Crippen molar-refractivity contribution >= 4 is 23.8 Å². The van der Waals surface area contributed by atoms with Crippen LogP contribution in [0.15, 0.2) is 41.3 Å². The number of hydrogen-bond acceptors (Lipinski definition) is 3. The maximum Gasteiger partial charge on any atom is 0.315 e. The summed E-state index contributed by atoms with van der Waals surface area (Å²) in [4.78, 5) is 25.2. The van der Waals surface area contributed by atoms with Crippen LogP contribution < -0.4 is 5.73 Å². The van der Waals surface area contributed by atoms with E-state index in [2.05, 4.69) is 6.08 Å². The highest BCUT2D eigenvalue weighted by Crippen LogP contribution is 2.34. The molecular formula is C17H22N2O3S. The smallest absolute Gasteiger partial charge is 0.315 e. The minimum absolute atomic E-state index is 0.100. The van der Waals surface area contributed by atoms with Crippen molar-refractivity contribution in [1.82, 2.24) is 4.90 Å². The molecule has 2 amide bonds. The topological polar surface area (TPSA) is 83.6 Å². The number of nitrogens with two attached hydrogens (primary N) is 1. The predicted molar refractivity (Wildman–Crippen MR) is 92.0 cm³/mol. The highest BCUT2D eigenvalue weighted by atomic mass is 32.2. The van der Waals surface area contributed by atoms with Gasteiger partial charge in [0, 0.05) is 24.8 Å². The molecule has 1 aromatic rings. The lowest BCUT2D eigenvalue weighted by Gasteiger charge is -2.26. The van der Waals surface area contributed by atoms with E-state index in [0.29, 0.717) is 13.0 Å². The van der Waals surface area contributed by atoms with Gasteiger partial charge in [0.15, 0.2) is 0 Å². The fourth-order valence-corrected chi connectivity index (χ4v) is 3.83. The number of nitrogens with zero attached hydrogens (tertiary/aromatic N) is 1. The van der Waals surface area contributed by atoms with Crippen LogP contribution >= 0.6 is 11.8 Å². The fraction of sp³-hybridized carbons (Fsp3) is 0.412. The second-order valence-electron chi connectivity index (χ2n) is 5.58. The quantitative estimate of drug-likeness (QED) is 0.750. The van der Waals surface area contributed by atoms with E-state index in [-0.39, 0.29) is 12.5 Å². The van der Waals surface area contributed by atoms with Crippen molar-refractivity contribution in [2.45, 2.75) is 38.3 Å². The maximum atomic E-state index is 11.8. The largest absolute Gasteiger partial charge is 0.481 e. The molecule has 0 radical (unpaired) electrons. The van der Waals surface area contributed by atoms with Crippen LogP contribution in [0.5, 0.6) is 0 Å². The molecule has 3 N–H and O–H groups in total. The normalized spacial score (nSPS) is 19.0. The predicted octanol–water partition coefficient (Wildman–Crippen LogP) is 3.21. The summed E-state index contributed by atoms with van der Waals surface area (Å²) in [5.41, 5.74) is 6.62. The Balaban J connectivity index is 1.90. The lowest BCUT2D eigenvalue weighted by atomic mass is 10.1. The number of benzene rings is 1. The standard InChI is InChI=1S/C17H22N2O3S/c18-17(22)19(11-13-6-2-1-3-7-13)14-10-15(23-12-14)8-4-5-9-16(20)21/h1-3,6-8,14H,4-5,9-12H2,(H2,18,22)(H,20,21)/b15-8-/t14-/m1/s1. The highest BCUT2D eigenvalue weighted by Gasteiger charge is 2.28. The second kappa shape index (κ2) is 8.62. The molecule has 0 bridgehead atoms. The second-order valence-corrected chi connectivity index (χ2v) is 6.72. The number of carbonyl (C=O) groups excluding carboxylic acids is 1. The average molecular weight is 334 g/mol. The third-order valence-electron chi connectivity index (χ3n) is 3.78. The molecule has 1 saturated heterocycles. The SMILES string of the molecule is NC(=O)N(Cc1ccccc1)[C@H]1CS/C(=C\CCCC(=O)O)C1. The van der Waals surface area contributed by atoms with Gasteiger partial charge in [0.2, 0.25) is 0 Å². The Labute approximate surface area is 140 Å². The van der Waals surface area contributed by atoms with Gasteiger partial charge in [-0.05, 0) is 29.7 Å². The molecular weight excluding hydrogens is 312 g/mol. The first-order valence-corrected chi connectivity index (χ1v) is 8.68. The minimum atomic E-state index is -0.761. The minimum Gasteiger partial charge on any atom is -0.481 e. The number of aliphatic carboxylic acids is 1. The van der Waals surface area contributed by atoms with Gasteiger partial charge in [0.05, 0.1) is 0 Å². The zero-order chi connectivity index (χ0) is 16.7. The van der Waals surface area contributed by atoms with Crippen LogP contribution in [-0.2, 0) is 11.3 Å². The number of carboxylic acids is 1. The van der Waals surface area contributed by atoms with Gasteiger partial charge in [0.1, 0.15) is 0 Å². The number of rotatable bonds is 7. The van der Waals surface area contributed by atoms with Crippen LogP contribution in [0, 0.1) is 0 Å². The molecule has 1 heterocycles. The van der Waals surface area contributed by atoms with E-state index in [9.17, 15) is 9.59 Å². The van der Waals surface area contributed by atoms with Gasteiger partial charge in [-0.15, -0.1) is 11.8 Å². The lowest BCUT2D eigenvalue weighted by Crippen LogP contribution is -2.43. The molecule has 0 aromatic heterocycles. The van der Waals surface area contributed by atoms with E-state index in [1.54, 1.807) is 16.7 Å². The molecule has 1 aliphatic heterocycles. The molecule has 23 heavy (non-hydrogen) atoms. The van der Waals surface area contributed by atoms with Crippen molar-refractivity contribution in [1.29, 1.82) is 0 Å². The summed E-state index contributed by atoms with van der Waals surface area (Å²) in [6.45, 7) is 0.522. The summed E-state index contributed by atoms with van der Waals surface area (Å²) < 4.78 is 0. The Morgan fingerprint density at radius 2 is 2.09 bits per heavy atom. The van der Waals surface area contributed by atoms with Crippen LogP contribution in [0.2, 0.25) is 0 Å². The molecule has 5 nitrogen and oxygen atoms in total. The van der Waals surface area contributed by atoms with Crippen molar-refractivity contribution in [2.75, 3.05) is 5.75 Å². The van der Waals surface area contributed by atoms with Crippen molar-refractivity contribution in [3.63, 3.8) is 0 Å². The summed E-state index contributed by atoms with van der Waals surface area (Å²) in [5.74, 6) is 0.0729. The summed E-state index contributed by atoms with van der Waals surface area (Å²) in [7, 11) is 0. The summed E-state index contributed by atoms with van der Waals surface area (Å²) in [5, 5.41) is 8.64. The van der Waals surface area contributed by atoms with Gasteiger partial charge < -0.3 is 15.7 Å². The molecule has 1 fully saturated rings. The first kappa shape index (κ1) is 17.4. The van der Waals surface area contributed by atoms with Gasteiger partial charge in [-0.3, -0.25) is 4.79 Å². The Bertz CT molecular complexity index is 574. The Morgan fingerprint density at radius 3 is 2.74 bits per heavy atom. The van der Waals surface area contributed by atoms with Gasteiger partial charge in [-0.25, -0.2) is 4.79 Å². The molecule has 124 valence electrons. The third-order valence-corrected chi connectivity index (χ3v) is 5.04. The van der Waals surface area contributed by atoms with Crippen molar-refractivity contribution < 1.29 is 14.7 Å². The first-order chi connectivity index (χ1) is 11.1. The van der Waals surface area contributed by atoms with Crippen molar-refractivity contribution in [3.8, 4) is 0 Å². The molecule has 1 aliphatic rings. The number of hydrogen-bond donors (Lipinski definition) is 2. The molecule has 0 saturated carbocycles. The molecule has 6 heteroatoms. The van der Waals surface area contributed by atoms with Crippen LogP contribution in [-0.4, -0.2) is 33.8 Å². The average Bonchev–Trinajstić information content (AvgIpc) is 2.98. The number of allylic oxidation sites excluding steroid dienone is 1. The Kier molecular flexibility index (Phi) is 6.52. The first-order valence-electron chi connectivity index (χ1n) is 7.70. The van der Waals surface area contributed by atoms with Gasteiger partial charge in [0.25, 0.3) is 0 Å². The number of unbranched alkanes of at least 4 members (excludes halogenated alkanes) is 1. The van der Waals surface area contributed by atoms with E-state index < -0.39 is 12.0 Å². The third kappa shape index (κ3) is 5.63. The van der Waals surface area contributed by atoms with Crippen LogP contribution in [0.4, 0.5) is 4.79 Å². The molecule has 1 aromatic carbocycles. The summed E-state index contributed by atoms with van der Waals surface area (Å²) in [6, 6.07) is 9.52. The number of urea groups is 1. The number of primary amides is 1. The van der Waals surface area contributed by atoms with E-state index in [0.717, 1.165) is 24.2 Å². The van der Waals surface area contributed by atoms with Gasteiger partial charge in [-0.2, -0.15) is 0 Å². The molecule has 2 rings (SSSR count). The fourth-order valence-electron chi connectivity index (χ4n) is 2.58. The number of carbonyl (C=O) groups is 2. The van der Waals surface area contributed by atoms with Gasteiger partial charge in [-0.1, -0.05) is 36.4 Å². The van der Waals surface area contributed by atoms with E-state index in [1.165, 1.54) is 4.91 Å². The van der Waals surface area contributed by atoms with E-state index in [1.807, 2.05) is 30.3 Å². The number of amides is 2. The van der Waals surface area contributed by atoms with Crippen LogP contribution in [0.25, 0.3) is 0 Å². The summed E-state index contributed by atoms with van der Waals surface area (Å²) in [6.07, 6.45) is 4.49. The lowest BCUT2D eigenvalue weighted by molar-refractivity contribution is -0.137. The molecule has 1 atom stereocenters. The van der Waals surface area contributed by atoms with E-state index in [4.69, 9.17) is 10.8 Å². The Hall–Kier alpha value is -1.95. The number of thioether (sulfide) groups is 1. The van der Waals surface area contributed by atoms with Gasteiger partial charge >= 0.3 is 12.0 Å². The summed E-state index contributed by atoms with van der Waals surface area (Å²) >= 11 is 1.73. The highest BCUT2D eigenvalue weighted by molar-refractivity contribution is 8.03. The number of carboxylic acid groups (broad SMARTS) is 1. The van der Waals surface area contributed by atoms with Crippen molar-refractivity contribution in [2.24, 2.45) is 5.73 Å². The zero-order valence-electron chi connectivity index (χ0n) is 13.0. The molecule has 0 aliphatic carbocycles. The molecule has 0 unspecified atom stereocenters. The zero-order valence-corrected chi connectivity index (χ0v) is 13.8. The Morgan fingerprint density at radius 1 is 1.35 bits per heavy atom.